The van der Waals surface area contributed by atoms with E-state index in [-0.39, 0.29) is 18.0 Å². The van der Waals surface area contributed by atoms with Gasteiger partial charge >= 0.3 is 6.03 Å². The number of nitrogens with one attached hydrogen (secondary N) is 2. The van der Waals surface area contributed by atoms with Gasteiger partial charge in [-0.15, -0.1) is 0 Å². The minimum absolute atomic E-state index is 0.0300. The molecule has 1 saturated heterocycles. The van der Waals surface area contributed by atoms with Crippen molar-refractivity contribution >= 4 is 29.1 Å². The lowest BCUT2D eigenvalue weighted by molar-refractivity contribution is 0.243. The number of piperidine rings is 1. The van der Waals surface area contributed by atoms with Crippen LogP contribution in [-0.2, 0) is 0 Å². The van der Waals surface area contributed by atoms with Crippen molar-refractivity contribution in [2.45, 2.75) is 18.4 Å². The van der Waals surface area contributed by atoms with E-state index >= 15 is 0 Å². The average molecular weight is 439 g/mol. The standard InChI is InChI=1S/C22H23ClN6O2/c1-31-17-6-7-19(26-12-17)18-14-29(21-13-24-9-10-25-21)11-8-20(18)28-22(30)27-16-4-2-15(23)3-5-16/h2-7,9-10,12-13,18,20H,8,11,14H2,1H3,(H2,27,28,30)/t18-,20+/m0/s1. The smallest absolute Gasteiger partial charge is 0.319 e. The zero-order valence-corrected chi connectivity index (χ0v) is 17.8. The molecule has 0 bridgehead atoms. The zero-order chi connectivity index (χ0) is 21.6. The van der Waals surface area contributed by atoms with Gasteiger partial charge in [-0.2, -0.15) is 0 Å². The second-order valence-electron chi connectivity index (χ2n) is 7.24. The Kier molecular flexibility index (Phi) is 6.47. The molecule has 1 aliphatic rings. The molecule has 1 aliphatic heterocycles. The Morgan fingerprint density at radius 2 is 1.97 bits per heavy atom. The van der Waals surface area contributed by atoms with Crippen molar-refractivity contribution in [1.29, 1.82) is 0 Å². The van der Waals surface area contributed by atoms with Crippen molar-refractivity contribution in [1.82, 2.24) is 20.3 Å². The van der Waals surface area contributed by atoms with Crippen LogP contribution in [0.15, 0.2) is 61.2 Å². The van der Waals surface area contributed by atoms with Crippen molar-refractivity contribution in [2.24, 2.45) is 0 Å². The highest BCUT2D eigenvalue weighted by molar-refractivity contribution is 6.30. The second-order valence-corrected chi connectivity index (χ2v) is 7.68. The molecule has 1 aromatic carbocycles. The summed E-state index contributed by atoms with van der Waals surface area (Å²) in [5.41, 5.74) is 1.56. The predicted molar refractivity (Wildman–Crippen MR) is 120 cm³/mol. The number of pyridine rings is 1. The van der Waals surface area contributed by atoms with Crippen LogP contribution < -0.4 is 20.3 Å². The summed E-state index contributed by atoms with van der Waals surface area (Å²) in [5.74, 6) is 1.47. The predicted octanol–water partition coefficient (Wildman–Crippen LogP) is 3.72. The fourth-order valence-electron chi connectivity index (χ4n) is 3.69. The summed E-state index contributed by atoms with van der Waals surface area (Å²) >= 11 is 5.92. The van der Waals surface area contributed by atoms with Crippen LogP contribution in [0.1, 0.15) is 18.0 Å². The van der Waals surface area contributed by atoms with Gasteiger partial charge < -0.3 is 20.3 Å². The molecule has 0 aliphatic carbocycles. The van der Waals surface area contributed by atoms with E-state index in [2.05, 4.69) is 30.5 Å². The van der Waals surface area contributed by atoms with Crippen LogP contribution in [0, 0.1) is 0 Å². The Balaban J connectivity index is 1.51. The minimum Gasteiger partial charge on any atom is -0.495 e. The molecule has 0 spiro atoms. The summed E-state index contributed by atoms with van der Waals surface area (Å²) in [6.07, 6.45) is 7.52. The number of rotatable bonds is 5. The van der Waals surface area contributed by atoms with E-state index in [9.17, 15) is 4.79 Å². The summed E-state index contributed by atoms with van der Waals surface area (Å²) < 4.78 is 5.23. The molecule has 4 rings (SSSR count). The van der Waals surface area contributed by atoms with Crippen molar-refractivity contribution in [3.63, 3.8) is 0 Å². The van der Waals surface area contributed by atoms with Gasteiger partial charge in [0.25, 0.3) is 0 Å². The van der Waals surface area contributed by atoms with Crippen LogP contribution >= 0.6 is 11.6 Å². The van der Waals surface area contributed by atoms with Gasteiger partial charge in [-0.3, -0.25) is 9.97 Å². The Morgan fingerprint density at radius 3 is 2.65 bits per heavy atom. The summed E-state index contributed by atoms with van der Waals surface area (Å²) in [7, 11) is 1.61. The third kappa shape index (κ3) is 5.21. The van der Waals surface area contributed by atoms with Crippen molar-refractivity contribution < 1.29 is 9.53 Å². The van der Waals surface area contributed by atoms with Gasteiger partial charge in [0.2, 0.25) is 0 Å². The van der Waals surface area contributed by atoms with Crippen molar-refractivity contribution in [3.05, 3.63) is 71.9 Å². The van der Waals surface area contributed by atoms with Crippen LogP contribution in [0.25, 0.3) is 0 Å². The van der Waals surface area contributed by atoms with Gasteiger partial charge in [0, 0.05) is 53.8 Å². The highest BCUT2D eigenvalue weighted by Crippen LogP contribution is 2.29. The third-order valence-corrected chi connectivity index (χ3v) is 5.53. The fraction of sp³-hybridized carbons (Fsp3) is 0.273. The lowest BCUT2D eigenvalue weighted by Gasteiger charge is -2.39. The fourth-order valence-corrected chi connectivity index (χ4v) is 3.81. The van der Waals surface area contributed by atoms with Gasteiger partial charge in [0.05, 0.1) is 19.5 Å². The van der Waals surface area contributed by atoms with E-state index in [4.69, 9.17) is 16.3 Å². The number of ether oxygens (including phenoxy) is 1. The molecular weight excluding hydrogens is 416 g/mol. The molecule has 8 nitrogen and oxygen atoms in total. The molecule has 2 amide bonds. The molecule has 31 heavy (non-hydrogen) atoms. The maximum Gasteiger partial charge on any atom is 0.319 e. The monoisotopic (exact) mass is 438 g/mol. The van der Waals surface area contributed by atoms with Gasteiger partial charge in [0.15, 0.2) is 0 Å². The van der Waals surface area contributed by atoms with Gasteiger partial charge in [-0.25, -0.2) is 9.78 Å². The number of aromatic nitrogens is 3. The Morgan fingerprint density at radius 1 is 1.13 bits per heavy atom. The zero-order valence-electron chi connectivity index (χ0n) is 17.0. The Bertz CT molecular complexity index is 1000. The molecule has 2 atom stereocenters. The number of benzene rings is 1. The number of hydrogen-bond acceptors (Lipinski definition) is 6. The molecule has 3 aromatic rings. The Hall–Kier alpha value is -3.39. The number of amides is 2. The quantitative estimate of drug-likeness (QED) is 0.630. The molecule has 0 radical (unpaired) electrons. The molecule has 3 heterocycles. The topological polar surface area (TPSA) is 92.3 Å². The number of hydrogen-bond donors (Lipinski definition) is 2. The minimum atomic E-state index is -0.265. The summed E-state index contributed by atoms with van der Waals surface area (Å²) in [6, 6.07) is 10.5. The molecule has 9 heteroatoms. The van der Waals surface area contributed by atoms with E-state index in [0.29, 0.717) is 23.0 Å². The van der Waals surface area contributed by atoms with Gasteiger partial charge in [-0.1, -0.05) is 11.6 Å². The van der Waals surface area contributed by atoms with Crippen LogP contribution in [-0.4, -0.2) is 47.2 Å². The maximum absolute atomic E-state index is 12.7. The van der Waals surface area contributed by atoms with Gasteiger partial charge in [-0.05, 0) is 42.8 Å². The lowest BCUT2D eigenvalue weighted by atomic mass is 9.89. The largest absolute Gasteiger partial charge is 0.495 e. The molecule has 2 aromatic heterocycles. The van der Waals surface area contributed by atoms with Gasteiger partial charge in [0.1, 0.15) is 11.6 Å². The number of carbonyl (C=O) groups is 1. The van der Waals surface area contributed by atoms with E-state index in [1.807, 2.05) is 12.1 Å². The van der Waals surface area contributed by atoms with E-state index < -0.39 is 0 Å². The number of carbonyl (C=O) groups excluding carboxylic acids is 1. The molecule has 2 N–H and O–H groups in total. The van der Waals surface area contributed by atoms with Crippen molar-refractivity contribution in [3.8, 4) is 5.75 Å². The van der Waals surface area contributed by atoms with E-state index in [1.165, 1.54) is 0 Å². The normalized spacial score (nSPS) is 18.3. The first-order valence-corrected chi connectivity index (χ1v) is 10.3. The first kappa shape index (κ1) is 20.9. The van der Waals surface area contributed by atoms with Crippen LogP contribution in [0.4, 0.5) is 16.3 Å². The SMILES string of the molecule is COc1ccc([C@@H]2CN(c3cnccn3)CC[C@H]2NC(=O)Nc2ccc(Cl)cc2)nc1. The van der Waals surface area contributed by atoms with Crippen molar-refractivity contribution in [2.75, 3.05) is 30.4 Å². The van der Waals surface area contributed by atoms with E-state index in [1.54, 1.807) is 56.2 Å². The molecular formula is C22H23ClN6O2. The summed E-state index contributed by atoms with van der Waals surface area (Å²) in [6.45, 7) is 1.40. The molecule has 1 fully saturated rings. The first-order valence-electron chi connectivity index (χ1n) is 9.96. The summed E-state index contributed by atoms with van der Waals surface area (Å²) in [4.78, 5) is 28.0. The average Bonchev–Trinajstić information content (AvgIpc) is 2.81. The van der Waals surface area contributed by atoms with Crippen LogP contribution in [0.3, 0.4) is 0 Å². The Labute approximate surface area is 185 Å². The number of methoxy groups -OCH3 is 1. The van der Waals surface area contributed by atoms with Crippen LogP contribution in [0.2, 0.25) is 5.02 Å². The number of anilines is 2. The molecule has 0 unspecified atom stereocenters. The van der Waals surface area contributed by atoms with E-state index in [0.717, 1.165) is 24.5 Å². The third-order valence-electron chi connectivity index (χ3n) is 5.28. The molecule has 0 saturated carbocycles. The number of urea groups is 1. The summed E-state index contributed by atoms with van der Waals surface area (Å²) in [5, 5.41) is 6.60. The highest BCUT2D eigenvalue weighted by Gasteiger charge is 2.33. The first-order chi connectivity index (χ1) is 15.1. The lowest BCUT2D eigenvalue weighted by Crippen LogP contribution is -2.51. The highest BCUT2D eigenvalue weighted by atomic mass is 35.5. The maximum atomic E-state index is 12.7. The molecule has 160 valence electrons. The second kappa shape index (κ2) is 9.61. The van der Waals surface area contributed by atoms with Crippen LogP contribution in [0.5, 0.6) is 5.75 Å². The number of nitrogens with zero attached hydrogens (tertiary/aromatic N) is 4. The number of halogens is 1.